The van der Waals surface area contributed by atoms with Crippen molar-refractivity contribution < 1.29 is 14.3 Å². The van der Waals surface area contributed by atoms with Crippen LogP contribution in [0, 0.1) is 6.92 Å². The third-order valence-corrected chi connectivity index (χ3v) is 3.70. The smallest absolute Gasteiger partial charge is 0.261 e. The zero-order valence-corrected chi connectivity index (χ0v) is 13.8. The molecule has 0 fully saturated rings. The van der Waals surface area contributed by atoms with Gasteiger partial charge < -0.3 is 14.8 Å². The lowest BCUT2D eigenvalue weighted by Crippen LogP contribution is -2.37. The molecule has 0 spiro atoms. The summed E-state index contributed by atoms with van der Waals surface area (Å²) in [5.41, 5.74) is 2.27. The fourth-order valence-corrected chi connectivity index (χ4v) is 2.27. The zero-order valence-electron chi connectivity index (χ0n) is 13.8. The first kappa shape index (κ1) is 16.9. The van der Waals surface area contributed by atoms with Crippen LogP contribution in [0.4, 0.5) is 0 Å². The van der Waals surface area contributed by atoms with Crippen LogP contribution in [0.1, 0.15) is 24.5 Å². The highest BCUT2D eigenvalue weighted by atomic mass is 16.5. The van der Waals surface area contributed by atoms with Gasteiger partial charge in [0.05, 0.1) is 7.11 Å². The quantitative estimate of drug-likeness (QED) is 0.851. The number of nitrogens with one attached hydrogen (secondary N) is 1. The Balaban J connectivity index is 1.97. The molecule has 122 valence electrons. The van der Waals surface area contributed by atoms with E-state index in [1.807, 2.05) is 56.3 Å². The predicted molar refractivity (Wildman–Crippen MR) is 90.7 cm³/mol. The molecule has 1 N–H and O–H groups in total. The minimum atomic E-state index is -0.522. The van der Waals surface area contributed by atoms with Crippen molar-refractivity contribution in [2.75, 3.05) is 7.11 Å². The second-order valence-electron chi connectivity index (χ2n) is 5.34. The summed E-state index contributed by atoms with van der Waals surface area (Å²) >= 11 is 0. The molecule has 0 aliphatic rings. The molecule has 4 nitrogen and oxygen atoms in total. The molecule has 0 saturated heterocycles. The Morgan fingerprint density at radius 3 is 2.57 bits per heavy atom. The molecule has 4 heteroatoms. The lowest BCUT2D eigenvalue weighted by Gasteiger charge is -2.18. The van der Waals surface area contributed by atoms with Gasteiger partial charge in [-0.3, -0.25) is 4.79 Å². The van der Waals surface area contributed by atoms with E-state index in [-0.39, 0.29) is 5.91 Å². The molecule has 0 aromatic heterocycles. The number of carbonyl (C=O) groups excluding carboxylic acids is 1. The molecule has 0 aliphatic heterocycles. The van der Waals surface area contributed by atoms with Crippen LogP contribution in [0.3, 0.4) is 0 Å². The van der Waals surface area contributed by atoms with Crippen molar-refractivity contribution in [3.8, 4) is 11.5 Å². The molecule has 0 bridgehead atoms. The number of methoxy groups -OCH3 is 1. The van der Waals surface area contributed by atoms with Crippen molar-refractivity contribution >= 4 is 5.91 Å². The summed E-state index contributed by atoms with van der Waals surface area (Å²) in [5.74, 6) is 1.22. The number of hydrogen-bond acceptors (Lipinski definition) is 3. The summed E-state index contributed by atoms with van der Waals surface area (Å²) in [4.78, 5) is 12.4. The first-order valence-electron chi connectivity index (χ1n) is 7.77. The second kappa shape index (κ2) is 8.22. The summed E-state index contributed by atoms with van der Waals surface area (Å²) in [5, 5.41) is 2.94. The van der Waals surface area contributed by atoms with Crippen LogP contribution in [-0.4, -0.2) is 19.1 Å². The van der Waals surface area contributed by atoms with Crippen LogP contribution in [0.15, 0.2) is 48.5 Å². The maximum absolute atomic E-state index is 12.4. The SMILES string of the molecule is CC[C@@H](Oc1cccc(OC)c1)C(=O)NCc1ccccc1C. The van der Waals surface area contributed by atoms with Gasteiger partial charge in [-0.05, 0) is 36.6 Å². The number of amides is 1. The molecule has 2 rings (SSSR count). The topological polar surface area (TPSA) is 47.6 Å². The summed E-state index contributed by atoms with van der Waals surface area (Å²) in [7, 11) is 1.60. The fraction of sp³-hybridized carbons (Fsp3) is 0.316. The van der Waals surface area contributed by atoms with Gasteiger partial charge in [0.1, 0.15) is 11.5 Å². The average molecular weight is 313 g/mol. The van der Waals surface area contributed by atoms with E-state index in [4.69, 9.17) is 9.47 Å². The Kier molecular flexibility index (Phi) is 6.03. The molecule has 1 amide bonds. The van der Waals surface area contributed by atoms with Gasteiger partial charge in [-0.15, -0.1) is 0 Å². The maximum atomic E-state index is 12.4. The maximum Gasteiger partial charge on any atom is 0.261 e. The first-order valence-corrected chi connectivity index (χ1v) is 7.77. The first-order chi connectivity index (χ1) is 11.1. The van der Waals surface area contributed by atoms with Gasteiger partial charge in [-0.25, -0.2) is 0 Å². The van der Waals surface area contributed by atoms with Crippen LogP contribution in [0.25, 0.3) is 0 Å². The summed E-state index contributed by atoms with van der Waals surface area (Å²) in [6.45, 7) is 4.47. The van der Waals surface area contributed by atoms with Gasteiger partial charge in [-0.1, -0.05) is 37.3 Å². The van der Waals surface area contributed by atoms with E-state index in [2.05, 4.69) is 5.32 Å². The highest BCUT2D eigenvalue weighted by Gasteiger charge is 2.18. The van der Waals surface area contributed by atoms with Gasteiger partial charge in [0.25, 0.3) is 5.91 Å². The van der Waals surface area contributed by atoms with E-state index >= 15 is 0 Å². The minimum absolute atomic E-state index is 0.112. The minimum Gasteiger partial charge on any atom is -0.497 e. The lowest BCUT2D eigenvalue weighted by atomic mass is 10.1. The van der Waals surface area contributed by atoms with Crippen LogP contribution in [0.5, 0.6) is 11.5 Å². The number of aryl methyl sites for hydroxylation is 1. The molecule has 0 unspecified atom stereocenters. The van der Waals surface area contributed by atoms with E-state index in [1.54, 1.807) is 13.2 Å². The van der Waals surface area contributed by atoms with Crippen molar-refractivity contribution in [1.82, 2.24) is 5.32 Å². The van der Waals surface area contributed by atoms with Crippen molar-refractivity contribution in [1.29, 1.82) is 0 Å². The Morgan fingerprint density at radius 2 is 1.87 bits per heavy atom. The Bertz CT molecular complexity index is 655. The zero-order chi connectivity index (χ0) is 16.7. The van der Waals surface area contributed by atoms with Crippen LogP contribution in [0.2, 0.25) is 0 Å². The summed E-state index contributed by atoms with van der Waals surface area (Å²) in [6.07, 6.45) is 0.0720. The van der Waals surface area contributed by atoms with Gasteiger partial charge in [0.15, 0.2) is 6.10 Å². The van der Waals surface area contributed by atoms with E-state index in [0.29, 0.717) is 24.5 Å². The third-order valence-electron chi connectivity index (χ3n) is 3.70. The van der Waals surface area contributed by atoms with E-state index < -0.39 is 6.10 Å². The highest BCUT2D eigenvalue weighted by molar-refractivity contribution is 5.81. The monoisotopic (exact) mass is 313 g/mol. The molecule has 0 aliphatic carbocycles. The number of rotatable bonds is 7. The van der Waals surface area contributed by atoms with Crippen molar-refractivity contribution in [2.45, 2.75) is 32.9 Å². The fourth-order valence-electron chi connectivity index (χ4n) is 2.27. The third kappa shape index (κ3) is 4.74. The lowest BCUT2D eigenvalue weighted by molar-refractivity contribution is -0.128. The molecule has 0 saturated carbocycles. The van der Waals surface area contributed by atoms with E-state index in [9.17, 15) is 4.79 Å². The molecule has 2 aromatic carbocycles. The van der Waals surface area contributed by atoms with Crippen molar-refractivity contribution in [3.63, 3.8) is 0 Å². The number of ether oxygens (including phenoxy) is 2. The van der Waals surface area contributed by atoms with Gasteiger partial charge in [0.2, 0.25) is 0 Å². The number of carbonyl (C=O) groups is 1. The molecule has 2 aromatic rings. The van der Waals surface area contributed by atoms with Crippen molar-refractivity contribution in [2.24, 2.45) is 0 Å². The van der Waals surface area contributed by atoms with Crippen LogP contribution in [-0.2, 0) is 11.3 Å². The largest absolute Gasteiger partial charge is 0.497 e. The van der Waals surface area contributed by atoms with Gasteiger partial charge >= 0.3 is 0 Å². The normalized spacial score (nSPS) is 11.6. The Hall–Kier alpha value is -2.49. The van der Waals surface area contributed by atoms with Gasteiger partial charge in [-0.2, -0.15) is 0 Å². The molecule has 0 radical (unpaired) electrons. The van der Waals surface area contributed by atoms with Gasteiger partial charge in [0, 0.05) is 12.6 Å². The average Bonchev–Trinajstić information content (AvgIpc) is 2.59. The molecule has 1 atom stereocenters. The van der Waals surface area contributed by atoms with Crippen LogP contribution < -0.4 is 14.8 Å². The van der Waals surface area contributed by atoms with E-state index in [1.165, 1.54) is 0 Å². The highest BCUT2D eigenvalue weighted by Crippen LogP contribution is 2.20. The van der Waals surface area contributed by atoms with E-state index in [0.717, 1.165) is 11.1 Å². The Labute approximate surface area is 137 Å². The van der Waals surface area contributed by atoms with Crippen LogP contribution >= 0.6 is 0 Å². The van der Waals surface area contributed by atoms with Crippen molar-refractivity contribution in [3.05, 3.63) is 59.7 Å². The summed E-state index contributed by atoms with van der Waals surface area (Å²) < 4.78 is 11.0. The predicted octanol–water partition coefficient (Wildman–Crippen LogP) is 3.48. The Morgan fingerprint density at radius 1 is 1.13 bits per heavy atom. The molecule has 23 heavy (non-hydrogen) atoms. The number of hydrogen-bond donors (Lipinski definition) is 1. The summed E-state index contributed by atoms with van der Waals surface area (Å²) in [6, 6.07) is 15.3. The standard InChI is InChI=1S/C19H23NO3/c1-4-18(23-17-11-7-10-16(12-17)22-3)19(21)20-13-15-9-6-5-8-14(15)2/h5-12,18H,4,13H2,1-3H3,(H,20,21)/t18-/m1/s1. The molecule has 0 heterocycles. The number of benzene rings is 2. The molecular weight excluding hydrogens is 290 g/mol. The molecular formula is C19H23NO3. The second-order valence-corrected chi connectivity index (χ2v) is 5.34.